The molecule has 26 heavy (non-hydrogen) atoms. The molecule has 0 aliphatic carbocycles. The summed E-state index contributed by atoms with van der Waals surface area (Å²) in [6.07, 6.45) is -0.767. The van der Waals surface area contributed by atoms with Crippen LogP contribution in [0, 0.1) is 16.0 Å². The van der Waals surface area contributed by atoms with Gasteiger partial charge in [-0.05, 0) is 37.1 Å². The number of ether oxygens (including phenoxy) is 2. The van der Waals surface area contributed by atoms with Crippen LogP contribution in [0.3, 0.4) is 0 Å². The molecule has 0 bridgehead atoms. The van der Waals surface area contributed by atoms with Crippen molar-refractivity contribution in [3.63, 3.8) is 0 Å². The minimum atomic E-state index is -0.767. The number of benzene rings is 2. The Kier molecular flexibility index (Phi) is 6.54. The SMILES string of the molecule is CC(C)COc1cccc(NC(=O)C(C)Oc2ccc([N+](=O)[O-])cc2)c1. The van der Waals surface area contributed by atoms with Crippen molar-refractivity contribution in [1.29, 1.82) is 0 Å². The van der Waals surface area contributed by atoms with E-state index in [1.54, 1.807) is 25.1 Å². The second-order valence-electron chi connectivity index (χ2n) is 6.23. The van der Waals surface area contributed by atoms with Crippen molar-refractivity contribution in [2.24, 2.45) is 5.92 Å². The van der Waals surface area contributed by atoms with Gasteiger partial charge in [0.25, 0.3) is 11.6 Å². The Morgan fingerprint density at radius 3 is 2.42 bits per heavy atom. The second kappa shape index (κ2) is 8.84. The predicted octanol–water partition coefficient (Wildman–Crippen LogP) is 4.04. The summed E-state index contributed by atoms with van der Waals surface area (Å²) in [5, 5.41) is 13.4. The van der Waals surface area contributed by atoms with E-state index in [0.717, 1.165) is 0 Å². The highest BCUT2D eigenvalue weighted by Gasteiger charge is 2.16. The lowest BCUT2D eigenvalue weighted by Crippen LogP contribution is -2.30. The van der Waals surface area contributed by atoms with E-state index in [4.69, 9.17) is 9.47 Å². The van der Waals surface area contributed by atoms with E-state index in [-0.39, 0.29) is 11.6 Å². The Morgan fingerprint density at radius 1 is 1.12 bits per heavy atom. The molecule has 1 unspecified atom stereocenters. The first-order valence-corrected chi connectivity index (χ1v) is 8.30. The second-order valence-corrected chi connectivity index (χ2v) is 6.23. The molecule has 0 aromatic heterocycles. The molecule has 1 atom stereocenters. The number of carbonyl (C=O) groups excluding carboxylic acids is 1. The van der Waals surface area contributed by atoms with Crippen LogP contribution in [0.1, 0.15) is 20.8 Å². The van der Waals surface area contributed by atoms with Gasteiger partial charge in [-0.1, -0.05) is 19.9 Å². The van der Waals surface area contributed by atoms with E-state index in [1.807, 2.05) is 6.07 Å². The Hall–Kier alpha value is -3.09. The van der Waals surface area contributed by atoms with Crippen molar-refractivity contribution in [2.45, 2.75) is 26.9 Å². The number of anilines is 1. The minimum Gasteiger partial charge on any atom is -0.493 e. The summed E-state index contributed by atoms with van der Waals surface area (Å²) in [7, 11) is 0. The van der Waals surface area contributed by atoms with Gasteiger partial charge in [-0.2, -0.15) is 0 Å². The summed E-state index contributed by atoms with van der Waals surface area (Å²) in [6, 6.07) is 12.7. The molecule has 2 aromatic carbocycles. The maximum absolute atomic E-state index is 12.3. The van der Waals surface area contributed by atoms with Gasteiger partial charge in [0.2, 0.25) is 0 Å². The molecular weight excluding hydrogens is 336 g/mol. The van der Waals surface area contributed by atoms with Crippen LogP contribution in [-0.4, -0.2) is 23.5 Å². The Morgan fingerprint density at radius 2 is 1.81 bits per heavy atom. The topological polar surface area (TPSA) is 90.7 Å². The van der Waals surface area contributed by atoms with Gasteiger partial charge in [-0.25, -0.2) is 0 Å². The molecule has 2 aromatic rings. The molecular formula is C19H22N2O5. The first kappa shape index (κ1) is 19.2. The number of amides is 1. The molecule has 0 aliphatic rings. The maximum atomic E-state index is 12.3. The number of rotatable bonds is 8. The standard InChI is InChI=1S/C19H22N2O5/c1-13(2)12-25-18-6-4-5-15(11-18)20-19(22)14(3)26-17-9-7-16(8-10-17)21(23)24/h4-11,13-14H,12H2,1-3H3,(H,20,22). The van der Waals surface area contributed by atoms with Crippen molar-refractivity contribution in [3.05, 3.63) is 58.6 Å². The van der Waals surface area contributed by atoms with Gasteiger partial charge in [0, 0.05) is 23.9 Å². The molecule has 138 valence electrons. The number of hydrogen-bond donors (Lipinski definition) is 1. The smallest absolute Gasteiger partial charge is 0.269 e. The van der Waals surface area contributed by atoms with Gasteiger partial charge in [0.1, 0.15) is 11.5 Å². The fourth-order valence-corrected chi connectivity index (χ4v) is 2.07. The lowest BCUT2D eigenvalue weighted by atomic mass is 10.2. The van der Waals surface area contributed by atoms with Crippen LogP contribution in [-0.2, 0) is 4.79 Å². The number of carbonyl (C=O) groups is 1. The van der Waals surface area contributed by atoms with Crippen molar-refractivity contribution in [3.8, 4) is 11.5 Å². The van der Waals surface area contributed by atoms with Gasteiger partial charge in [-0.3, -0.25) is 14.9 Å². The number of nitro benzene ring substituents is 1. The monoisotopic (exact) mass is 358 g/mol. The van der Waals surface area contributed by atoms with Gasteiger partial charge in [0.15, 0.2) is 6.10 Å². The van der Waals surface area contributed by atoms with Crippen molar-refractivity contribution < 1.29 is 19.2 Å². The lowest BCUT2D eigenvalue weighted by Gasteiger charge is -2.15. The van der Waals surface area contributed by atoms with Gasteiger partial charge in [0.05, 0.1) is 11.5 Å². The molecule has 0 heterocycles. The highest BCUT2D eigenvalue weighted by Crippen LogP contribution is 2.20. The largest absolute Gasteiger partial charge is 0.493 e. The predicted molar refractivity (Wildman–Crippen MR) is 98.6 cm³/mol. The molecule has 7 heteroatoms. The number of non-ortho nitro benzene ring substituents is 1. The molecule has 1 N–H and O–H groups in total. The number of hydrogen-bond acceptors (Lipinski definition) is 5. The number of nitrogens with one attached hydrogen (secondary N) is 1. The maximum Gasteiger partial charge on any atom is 0.269 e. The van der Waals surface area contributed by atoms with E-state index in [1.165, 1.54) is 24.3 Å². The van der Waals surface area contributed by atoms with E-state index in [0.29, 0.717) is 29.7 Å². The van der Waals surface area contributed by atoms with Gasteiger partial charge < -0.3 is 14.8 Å². The molecule has 7 nitrogen and oxygen atoms in total. The summed E-state index contributed by atoms with van der Waals surface area (Å²) in [4.78, 5) is 22.4. The van der Waals surface area contributed by atoms with Crippen molar-refractivity contribution in [1.82, 2.24) is 0 Å². The molecule has 0 fully saturated rings. The summed E-state index contributed by atoms with van der Waals surface area (Å²) in [5.41, 5.74) is 0.572. The van der Waals surface area contributed by atoms with Crippen molar-refractivity contribution >= 4 is 17.3 Å². The third-order valence-electron chi connectivity index (χ3n) is 3.41. The highest BCUT2D eigenvalue weighted by molar-refractivity contribution is 5.94. The number of nitro groups is 1. The quantitative estimate of drug-likeness (QED) is 0.568. The molecule has 0 radical (unpaired) electrons. The average molecular weight is 358 g/mol. The van der Waals surface area contributed by atoms with Crippen LogP contribution >= 0.6 is 0 Å². The fourth-order valence-electron chi connectivity index (χ4n) is 2.07. The molecule has 2 rings (SSSR count). The molecule has 0 saturated heterocycles. The first-order valence-electron chi connectivity index (χ1n) is 8.30. The summed E-state index contributed by atoms with van der Waals surface area (Å²) < 4.78 is 11.2. The Bertz CT molecular complexity index is 759. The van der Waals surface area contributed by atoms with Crippen LogP contribution in [0.25, 0.3) is 0 Å². The molecule has 0 aliphatic heterocycles. The highest BCUT2D eigenvalue weighted by atomic mass is 16.6. The van der Waals surface area contributed by atoms with Crippen LogP contribution in [0.15, 0.2) is 48.5 Å². The van der Waals surface area contributed by atoms with Gasteiger partial charge >= 0.3 is 0 Å². The number of nitrogens with zero attached hydrogens (tertiary/aromatic N) is 1. The fraction of sp³-hybridized carbons (Fsp3) is 0.316. The third kappa shape index (κ3) is 5.77. The normalized spacial score (nSPS) is 11.7. The zero-order valence-electron chi connectivity index (χ0n) is 15.0. The minimum absolute atomic E-state index is 0.0346. The molecule has 0 spiro atoms. The van der Waals surface area contributed by atoms with E-state index in [9.17, 15) is 14.9 Å². The third-order valence-corrected chi connectivity index (χ3v) is 3.41. The zero-order chi connectivity index (χ0) is 19.1. The summed E-state index contributed by atoms with van der Waals surface area (Å²) >= 11 is 0. The van der Waals surface area contributed by atoms with E-state index >= 15 is 0 Å². The van der Waals surface area contributed by atoms with Crippen molar-refractivity contribution in [2.75, 3.05) is 11.9 Å². The molecule has 1 amide bonds. The Labute approximate surface area is 152 Å². The van der Waals surface area contributed by atoms with Crippen LogP contribution in [0.5, 0.6) is 11.5 Å². The molecule has 0 saturated carbocycles. The summed E-state index contributed by atoms with van der Waals surface area (Å²) in [6.45, 7) is 6.32. The van der Waals surface area contributed by atoms with E-state index in [2.05, 4.69) is 19.2 Å². The van der Waals surface area contributed by atoms with E-state index < -0.39 is 11.0 Å². The lowest BCUT2D eigenvalue weighted by molar-refractivity contribution is -0.384. The van der Waals surface area contributed by atoms with Crippen LogP contribution in [0.2, 0.25) is 0 Å². The van der Waals surface area contributed by atoms with Crippen LogP contribution in [0.4, 0.5) is 11.4 Å². The Balaban J connectivity index is 1.94. The first-order chi connectivity index (χ1) is 12.3. The zero-order valence-corrected chi connectivity index (χ0v) is 15.0. The van der Waals surface area contributed by atoms with Crippen LogP contribution < -0.4 is 14.8 Å². The van der Waals surface area contributed by atoms with Gasteiger partial charge in [-0.15, -0.1) is 0 Å². The average Bonchev–Trinajstić information content (AvgIpc) is 2.60. The summed E-state index contributed by atoms with van der Waals surface area (Å²) in [5.74, 6) is 1.14.